The zero-order chi connectivity index (χ0) is 15.1. The molecule has 0 radical (unpaired) electrons. The minimum atomic E-state index is -4.55. The number of benzene rings is 1. The second-order valence-electron chi connectivity index (χ2n) is 4.32. The monoisotopic (exact) mass is 287 g/mol. The van der Waals surface area contributed by atoms with E-state index in [4.69, 9.17) is 5.73 Å². The number of aryl methyl sites for hydroxylation is 1. The Kier molecular flexibility index (Phi) is 3.43. The van der Waals surface area contributed by atoms with Crippen LogP contribution in [0.1, 0.15) is 5.56 Å². The van der Waals surface area contributed by atoms with Crippen LogP contribution in [-0.2, 0) is 19.8 Å². The zero-order valence-corrected chi connectivity index (χ0v) is 10.6. The van der Waals surface area contributed by atoms with Crippen molar-refractivity contribution in [1.82, 2.24) is 9.13 Å². The number of alkyl halides is 3. The van der Waals surface area contributed by atoms with Crippen molar-refractivity contribution in [2.24, 2.45) is 12.8 Å². The molecule has 0 spiro atoms. The summed E-state index contributed by atoms with van der Waals surface area (Å²) in [6, 6.07) is 2.71. The first-order chi connectivity index (χ1) is 9.27. The third kappa shape index (κ3) is 2.22. The van der Waals surface area contributed by atoms with E-state index in [-0.39, 0.29) is 24.0 Å². The Hall–Kier alpha value is -2.09. The fourth-order valence-corrected chi connectivity index (χ4v) is 2.02. The molecule has 1 heterocycles. The largest absolute Gasteiger partial charge is 0.416 e. The highest BCUT2D eigenvalue weighted by molar-refractivity contribution is 5.78. The van der Waals surface area contributed by atoms with Crippen molar-refractivity contribution in [3.8, 4) is 0 Å². The average Bonchev–Trinajstić information content (AvgIpc) is 2.39. The highest BCUT2D eigenvalue weighted by Gasteiger charge is 2.31. The lowest BCUT2D eigenvalue weighted by atomic mass is 10.1. The lowest BCUT2D eigenvalue weighted by molar-refractivity contribution is -0.137. The van der Waals surface area contributed by atoms with E-state index in [9.17, 15) is 22.8 Å². The molecule has 2 aromatic rings. The summed E-state index contributed by atoms with van der Waals surface area (Å²) in [5.74, 6) is 0. The molecule has 5 nitrogen and oxygen atoms in total. The Morgan fingerprint density at radius 3 is 2.45 bits per heavy atom. The molecule has 0 amide bonds. The van der Waals surface area contributed by atoms with Crippen molar-refractivity contribution in [3.05, 3.63) is 44.6 Å². The summed E-state index contributed by atoms with van der Waals surface area (Å²) in [6.45, 7) is -0.00267. The molecule has 20 heavy (non-hydrogen) atoms. The standard InChI is InChI=1S/C12H12F3N3O2/c1-17-9-3-2-7(12(13,14)15)6-8(9)10(19)18(5-4-16)11(17)20/h2-3,6H,4-5,16H2,1H3. The van der Waals surface area contributed by atoms with E-state index in [1.165, 1.54) is 7.05 Å². The molecule has 0 unspecified atom stereocenters. The molecule has 2 rings (SSSR count). The first-order valence-electron chi connectivity index (χ1n) is 5.78. The van der Waals surface area contributed by atoms with Gasteiger partial charge in [0.1, 0.15) is 0 Å². The van der Waals surface area contributed by atoms with E-state index in [2.05, 4.69) is 0 Å². The minimum Gasteiger partial charge on any atom is -0.329 e. The lowest BCUT2D eigenvalue weighted by Gasteiger charge is -2.12. The molecule has 0 aliphatic heterocycles. The number of rotatable bonds is 2. The third-order valence-corrected chi connectivity index (χ3v) is 3.03. The summed E-state index contributed by atoms with van der Waals surface area (Å²) in [5.41, 5.74) is 3.16. The number of hydrogen-bond donors (Lipinski definition) is 1. The smallest absolute Gasteiger partial charge is 0.329 e. The quantitative estimate of drug-likeness (QED) is 0.883. The molecule has 1 aromatic heterocycles. The van der Waals surface area contributed by atoms with Crippen molar-refractivity contribution in [2.75, 3.05) is 6.54 Å². The van der Waals surface area contributed by atoms with Crippen molar-refractivity contribution < 1.29 is 13.2 Å². The molecule has 0 saturated heterocycles. The number of hydrogen-bond acceptors (Lipinski definition) is 3. The Labute approximate surface area is 111 Å². The van der Waals surface area contributed by atoms with Gasteiger partial charge in [-0.05, 0) is 18.2 Å². The normalized spacial score (nSPS) is 12.1. The molecule has 0 saturated carbocycles. The van der Waals surface area contributed by atoms with Gasteiger partial charge in [0.25, 0.3) is 5.56 Å². The van der Waals surface area contributed by atoms with Gasteiger partial charge in [0.05, 0.1) is 16.5 Å². The molecule has 0 bridgehead atoms. The van der Waals surface area contributed by atoms with Gasteiger partial charge in [0.2, 0.25) is 0 Å². The van der Waals surface area contributed by atoms with Gasteiger partial charge in [-0.15, -0.1) is 0 Å². The molecule has 0 aliphatic carbocycles. The van der Waals surface area contributed by atoms with Crippen LogP contribution in [0.15, 0.2) is 27.8 Å². The number of halogens is 3. The predicted molar refractivity (Wildman–Crippen MR) is 67.5 cm³/mol. The van der Waals surface area contributed by atoms with Crippen LogP contribution in [0.25, 0.3) is 10.9 Å². The molecule has 0 atom stereocenters. The fraction of sp³-hybridized carbons (Fsp3) is 0.333. The lowest BCUT2D eigenvalue weighted by Crippen LogP contribution is -2.40. The molecule has 1 aromatic carbocycles. The van der Waals surface area contributed by atoms with E-state index in [0.29, 0.717) is 0 Å². The Bertz CT molecular complexity index is 774. The minimum absolute atomic E-state index is 0.0413. The Balaban J connectivity index is 2.88. The number of nitrogens with zero attached hydrogens (tertiary/aromatic N) is 2. The van der Waals surface area contributed by atoms with E-state index in [1.807, 2.05) is 0 Å². The van der Waals surface area contributed by atoms with Gasteiger partial charge in [-0.25, -0.2) is 4.79 Å². The average molecular weight is 287 g/mol. The van der Waals surface area contributed by atoms with Crippen LogP contribution < -0.4 is 17.0 Å². The van der Waals surface area contributed by atoms with Crippen LogP contribution in [0.5, 0.6) is 0 Å². The van der Waals surface area contributed by atoms with E-state index >= 15 is 0 Å². The summed E-state index contributed by atoms with van der Waals surface area (Å²) in [4.78, 5) is 24.0. The predicted octanol–water partition coefficient (Wildman–Crippen LogP) is 0.678. The topological polar surface area (TPSA) is 70.0 Å². The van der Waals surface area contributed by atoms with Crippen LogP contribution >= 0.6 is 0 Å². The highest BCUT2D eigenvalue weighted by Crippen LogP contribution is 2.30. The summed E-state index contributed by atoms with van der Waals surface area (Å²) in [5, 5.41) is -0.157. The zero-order valence-electron chi connectivity index (χ0n) is 10.6. The van der Waals surface area contributed by atoms with Crippen molar-refractivity contribution in [1.29, 1.82) is 0 Å². The number of aromatic nitrogens is 2. The first kappa shape index (κ1) is 14.3. The van der Waals surface area contributed by atoms with E-state index < -0.39 is 23.0 Å². The molecule has 2 N–H and O–H groups in total. The molecule has 108 valence electrons. The van der Waals surface area contributed by atoms with Crippen LogP contribution in [0.4, 0.5) is 13.2 Å². The van der Waals surface area contributed by atoms with E-state index in [1.54, 1.807) is 0 Å². The van der Waals surface area contributed by atoms with E-state index in [0.717, 1.165) is 27.3 Å². The number of fused-ring (bicyclic) bond motifs is 1. The van der Waals surface area contributed by atoms with Gasteiger partial charge < -0.3 is 5.73 Å². The Morgan fingerprint density at radius 1 is 1.25 bits per heavy atom. The van der Waals surface area contributed by atoms with Gasteiger partial charge in [0, 0.05) is 20.1 Å². The molecule has 0 fully saturated rings. The summed E-state index contributed by atoms with van der Waals surface area (Å²) in [7, 11) is 1.39. The maximum absolute atomic E-state index is 12.7. The second kappa shape index (κ2) is 4.78. The summed E-state index contributed by atoms with van der Waals surface area (Å²) < 4.78 is 40.0. The van der Waals surface area contributed by atoms with Crippen LogP contribution in [0.3, 0.4) is 0 Å². The summed E-state index contributed by atoms with van der Waals surface area (Å²) in [6.07, 6.45) is -4.55. The Morgan fingerprint density at radius 2 is 1.90 bits per heavy atom. The maximum Gasteiger partial charge on any atom is 0.416 e. The van der Waals surface area contributed by atoms with Crippen LogP contribution in [0, 0.1) is 0 Å². The van der Waals surface area contributed by atoms with Gasteiger partial charge in [-0.2, -0.15) is 13.2 Å². The van der Waals surface area contributed by atoms with Gasteiger partial charge in [-0.3, -0.25) is 13.9 Å². The molecule has 8 heteroatoms. The fourth-order valence-electron chi connectivity index (χ4n) is 2.02. The maximum atomic E-state index is 12.7. The van der Waals surface area contributed by atoms with Gasteiger partial charge in [0.15, 0.2) is 0 Å². The number of nitrogens with two attached hydrogens (primary N) is 1. The third-order valence-electron chi connectivity index (χ3n) is 3.03. The SMILES string of the molecule is Cn1c(=O)n(CCN)c(=O)c2cc(C(F)(F)F)ccc21. The van der Waals surface area contributed by atoms with Crippen LogP contribution in [0.2, 0.25) is 0 Å². The van der Waals surface area contributed by atoms with Gasteiger partial charge in [-0.1, -0.05) is 0 Å². The molecule has 0 aliphatic rings. The van der Waals surface area contributed by atoms with Crippen molar-refractivity contribution in [2.45, 2.75) is 12.7 Å². The first-order valence-corrected chi connectivity index (χ1v) is 5.78. The second-order valence-corrected chi connectivity index (χ2v) is 4.32. The van der Waals surface area contributed by atoms with Gasteiger partial charge >= 0.3 is 11.9 Å². The van der Waals surface area contributed by atoms with Crippen molar-refractivity contribution >= 4 is 10.9 Å². The molecular formula is C12H12F3N3O2. The van der Waals surface area contributed by atoms with Crippen LogP contribution in [-0.4, -0.2) is 15.7 Å². The summed E-state index contributed by atoms with van der Waals surface area (Å²) >= 11 is 0. The highest BCUT2D eigenvalue weighted by atomic mass is 19.4. The molecular weight excluding hydrogens is 275 g/mol. The van der Waals surface area contributed by atoms with Crippen molar-refractivity contribution in [3.63, 3.8) is 0 Å².